The molecular weight excluding hydrogens is 544 g/mol. The highest BCUT2D eigenvalue weighted by atomic mass is 19.4. The molecule has 1 fully saturated rings. The molecule has 0 bridgehead atoms. The van der Waals surface area contributed by atoms with E-state index in [2.05, 4.69) is 0 Å². The van der Waals surface area contributed by atoms with Crippen molar-refractivity contribution < 1.29 is 36.2 Å². The van der Waals surface area contributed by atoms with Crippen LogP contribution < -0.4 is 0 Å². The molecule has 0 spiro atoms. The topological polar surface area (TPSA) is 40.5 Å². The maximum Gasteiger partial charge on any atom is 0.416 e. The van der Waals surface area contributed by atoms with Crippen molar-refractivity contribution in [3.05, 3.63) is 95.1 Å². The Kier molecular flexibility index (Phi) is 9.16. The molecule has 3 aromatic carbocycles. The fraction of sp³-hybridized carbons (Fsp3) is 0.406. The van der Waals surface area contributed by atoms with Crippen LogP contribution in [0.15, 0.2) is 72.8 Å². The van der Waals surface area contributed by atoms with E-state index >= 15 is 0 Å². The van der Waals surface area contributed by atoms with Gasteiger partial charge in [-0.1, -0.05) is 80.6 Å². The van der Waals surface area contributed by atoms with Crippen LogP contribution in [-0.2, 0) is 17.5 Å². The third kappa shape index (κ3) is 7.31. The number of hydrogen-bond donors (Lipinski definition) is 1. The highest BCUT2D eigenvalue weighted by Gasteiger charge is 2.48. The number of rotatable bonds is 8. The molecule has 1 saturated heterocycles. The number of halogens is 6. The normalized spacial score (nSPS) is 19.3. The predicted octanol–water partition coefficient (Wildman–Crippen LogP) is 8.90. The van der Waals surface area contributed by atoms with Gasteiger partial charge in [-0.2, -0.15) is 26.3 Å². The monoisotopic (exact) mass is 577 g/mol. The quantitative estimate of drug-likeness (QED) is 0.272. The standard InChI is InChI=1S/C32H33F6NO2/c1-20(2)15-27(30(40)41)26-17-24(22-11-7-4-8-12-22)16-25(29(26)32(36,37)38)23-13-14-28(31(33,34)35)39(19-23)18-21-9-5-3-6-10-21/h3-12,16-17,20,23,27-28H,13-15,18-19H2,1-2H3,(H,40,41). The van der Waals surface area contributed by atoms with Crippen LogP contribution in [-0.4, -0.2) is 34.7 Å². The Morgan fingerprint density at radius 1 is 0.902 bits per heavy atom. The number of carboxylic acid groups (broad SMARTS) is 1. The fourth-order valence-electron chi connectivity index (χ4n) is 5.90. The average Bonchev–Trinajstić information content (AvgIpc) is 2.90. The molecule has 3 unspecified atom stereocenters. The number of alkyl halides is 6. The summed E-state index contributed by atoms with van der Waals surface area (Å²) >= 11 is 0. The second-order valence-corrected chi connectivity index (χ2v) is 11.2. The van der Waals surface area contributed by atoms with Gasteiger partial charge in [0.25, 0.3) is 0 Å². The molecule has 0 radical (unpaired) electrons. The van der Waals surface area contributed by atoms with Crippen LogP contribution in [0.5, 0.6) is 0 Å². The summed E-state index contributed by atoms with van der Waals surface area (Å²) in [6.45, 7) is 3.16. The Balaban J connectivity index is 1.89. The van der Waals surface area contributed by atoms with Gasteiger partial charge < -0.3 is 5.11 Å². The molecule has 0 amide bonds. The molecule has 3 atom stereocenters. The number of carbonyl (C=O) groups is 1. The molecular formula is C32H33F6NO2. The van der Waals surface area contributed by atoms with Gasteiger partial charge in [-0.25, -0.2) is 0 Å². The summed E-state index contributed by atoms with van der Waals surface area (Å²) in [5.74, 6) is -3.89. The molecule has 41 heavy (non-hydrogen) atoms. The van der Waals surface area contributed by atoms with E-state index < -0.39 is 41.8 Å². The van der Waals surface area contributed by atoms with Gasteiger partial charge in [0.15, 0.2) is 0 Å². The number of benzene rings is 3. The summed E-state index contributed by atoms with van der Waals surface area (Å²) in [5.41, 5.74) is 0.0965. The number of carboxylic acids is 1. The van der Waals surface area contributed by atoms with Crippen molar-refractivity contribution in [2.45, 2.75) is 69.9 Å². The van der Waals surface area contributed by atoms with Crippen molar-refractivity contribution in [3.63, 3.8) is 0 Å². The van der Waals surface area contributed by atoms with E-state index in [4.69, 9.17) is 0 Å². The van der Waals surface area contributed by atoms with Crippen LogP contribution >= 0.6 is 0 Å². The van der Waals surface area contributed by atoms with Crippen LogP contribution in [0.3, 0.4) is 0 Å². The minimum absolute atomic E-state index is 0.0168. The number of likely N-dealkylation sites (tertiary alicyclic amines) is 1. The van der Waals surface area contributed by atoms with E-state index in [0.29, 0.717) is 16.7 Å². The number of nitrogens with zero attached hydrogens (tertiary/aromatic N) is 1. The van der Waals surface area contributed by atoms with Gasteiger partial charge in [0.1, 0.15) is 6.04 Å². The zero-order chi connectivity index (χ0) is 29.9. The molecule has 4 rings (SSSR count). The first-order valence-electron chi connectivity index (χ1n) is 13.6. The van der Waals surface area contributed by atoms with Gasteiger partial charge in [-0.15, -0.1) is 0 Å². The summed E-state index contributed by atoms with van der Waals surface area (Å²) in [4.78, 5) is 13.6. The molecule has 1 N–H and O–H groups in total. The summed E-state index contributed by atoms with van der Waals surface area (Å²) in [5, 5.41) is 10.1. The molecule has 0 aliphatic carbocycles. The van der Waals surface area contributed by atoms with Gasteiger partial charge in [0, 0.05) is 13.1 Å². The SMILES string of the molecule is CC(C)CC(C(=O)O)c1cc(-c2ccccc2)cc(C2CCC(C(F)(F)F)N(Cc3ccccc3)C2)c1C(F)(F)F. The lowest BCUT2D eigenvalue weighted by atomic mass is 9.78. The van der Waals surface area contributed by atoms with Crippen molar-refractivity contribution in [1.29, 1.82) is 0 Å². The van der Waals surface area contributed by atoms with Crippen LogP contribution in [0.4, 0.5) is 26.3 Å². The molecule has 0 saturated carbocycles. The van der Waals surface area contributed by atoms with E-state index in [1.54, 1.807) is 74.5 Å². The van der Waals surface area contributed by atoms with Crippen LogP contribution in [0.2, 0.25) is 0 Å². The first kappa shape index (κ1) is 30.6. The van der Waals surface area contributed by atoms with Gasteiger partial charge in [-0.05, 0) is 65.0 Å². The van der Waals surface area contributed by atoms with Crippen LogP contribution in [0, 0.1) is 5.92 Å². The average molecular weight is 578 g/mol. The lowest BCUT2D eigenvalue weighted by Crippen LogP contribution is -2.50. The minimum Gasteiger partial charge on any atom is -0.481 e. The van der Waals surface area contributed by atoms with Gasteiger partial charge in [-0.3, -0.25) is 9.69 Å². The Hall–Kier alpha value is -3.33. The molecule has 0 aromatic heterocycles. The summed E-state index contributed by atoms with van der Waals surface area (Å²) < 4.78 is 86.9. The second kappa shape index (κ2) is 12.3. The van der Waals surface area contributed by atoms with Crippen molar-refractivity contribution in [1.82, 2.24) is 4.90 Å². The van der Waals surface area contributed by atoms with Gasteiger partial charge in [0.05, 0.1) is 11.5 Å². The Morgan fingerprint density at radius 2 is 1.51 bits per heavy atom. The van der Waals surface area contributed by atoms with Gasteiger partial charge in [0.2, 0.25) is 0 Å². The predicted molar refractivity (Wildman–Crippen MR) is 145 cm³/mol. The fourth-order valence-corrected chi connectivity index (χ4v) is 5.90. The summed E-state index contributed by atoms with van der Waals surface area (Å²) in [6, 6.07) is 18.1. The maximum atomic E-state index is 14.9. The number of aliphatic carboxylic acids is 1. The lowest BCUT2D eigenvalue weighted by molar-refractivity contribution is -0.194. The Bertz CT molecular complexity index is 1320. The smallest absolute Gasteiger partial charge is 0.416 e. The second-order valence-electron chi connectivity index (χ2n) is 11.2. The zero-order valence-electron chi connectivity index (χ0n) is 22.8. The van der Waals surface area contributed by atoms with E-state index in [1.165, 1.54) is 17.0 Å². The van der Waals surface area contributed by atoms with Crippen LogP contribution in [0.1, 0.15) is 67.2 Å². The Labute approximate surface area is 235 Å². The molecule has 3 aromatic rings. The van der Waals surface area contributed by atoms with Crippen molar-refractivity contribution in [3.8, 4) is 11.1 Å². The molecule has 220 valence electrons. The third-order valence-corrected chi connectivity index (χ3v) is 7.70. The number of hydrogen-bond acceptors (Lipinski definition) is 2. The number of piperidine rings is 1. The van der Waals surface area contributed by atoms with Gasteiger partial charge >= 0.3 is 18.3 Å². The third-order valence-electron chi connectivity index (χ3n) is 7.70. The highest BCUT2D eigenvalue weighted by molar-refractivity contribution is 5.79. The zero-order valence-corrected chi connectivity index (χ0v) is 22.8. The largest absolute Gasteiger partial charge is 0.481 e. The molecule has 1 aliphatic rings. The molecule has 3 nitrogen and oxygen atoms in total. The minimum atomic E-state index is -4.91. The first-order chi connectivity index (χ1) is 19.3. The van der Waals surface area contributed by atoms with Crippen molar-refractivity contribution in [2.75, 3.05) is 6.54 Å². The first-order valence-corrected chi connectivity index (χ1v) is 13.6. The summed E-state index contributed by atoms with van der Waals surface area (Å²) in [6.07, 6.45) is -9.95. The van der Waals surface area contributed by atoms with E-state index in [9.17, 15) is 36.2 Å². The molecule has 1 heterocycles. The maximum absolute atomic E-state index is 14.9. The van der Waals surface area contributed by atoms with E-state index in [0.717, 1.165) is 0 Å². The highest BCUT2D eigenvalue weighted by Crippen LogP contribution is 2.47. The van der Waals surface area contributed by atoms with E-state index in [-0.39, 0.29) is 49.4 Å². The van der Waals surface area contributed by atoms with Crippen LogP contribution in [0.25, 0.3) is 11.1 Å². The van der Waals surface area contributed by atoms with E-state index in [1.807, 2.05) is 0 Å². The van der Waals surface area contributed by atoms with Crippen molar-refractivity contribution >= 4 is 5.97 Å². The molecule has 9 heteroatoms. The summed E-state index contributed by atoms with van der Waals surface area (Å²) in [7, 11) is 0. The lowest BCUT2D eigenvalue weighted by Gasteiger charge is -2.41. The Morgan fingerprint density at radius 3 is 2.05 bits per heavy atom. The molecule has 1 aliphatic heterocycles. The van der Waals surface area contributed by atoms with Crippen molar-refractivity contribution in [2.24, 2.45) is 5.92 Å².